The van der Waals surface area contributed by atoms with E-state index in [0.717, 1.165) is 5.56 Å². The summed E-state index contributed by atoms with van der Waals surface area (Å²) in [5, 5.41) is 9.38. The highest BCUT2D eigenvalue weighted by atomic mass is 17.2. The topological polar surface area (TPSA) is 72.8 Å². The number of aromatic carboxylic acids is 1. The Labute approximate surface area is 140 Å². The summed E-state index contributed by atoms with van der Waals surface area (Å²) in [6.45, 7) is 7.11. The second-order valence-corrected chi connectivity index (χ2v) is 6.41. The van der Waals surface area contributed by atoms with Crippen molar-refractivity contribution in [2.75, 3.05) is 0 Å². The normalized spacial score (nSPS) is 11.2. The van der Waals surface area contributed by atoms with E-state index in [1.54, 1.807) is 32.9 Å². The molecule has 5 heteroatoms. The molecule has 0 unspecified atom stereocenters. The third-order valence-corrected chi connectivity index (χ3v) is 3.25. The van der Waals surface area contributed by atoms with Gasteiger partial charge in [-0.25, -0.2) is 4.79 Å². The molecule has 0 aliphatic rings. The SMILES string of the molecule is Cc1ccccc1C(=O)c1cccc(C(=O)O)c1OOC(C)(C)C. The maximum absolute atomic E-state index is 12.9. The summed E-state index contributed by atoms with van der Waals surface area (Å²) in [6.07, 6.45) is 0. The van der Waals surface area contributed by atoms with Gasteiger partial charge in [0.05, 0.1) is 5.56 Å². The van der Waals surface area contributed by atoms with Crippen LogP contribution < -0.4 is 4.89 Å². The molecular weight excluding hydrogens is 308 g/mol. The summed E-state index contributed by atoms with van der Waals surface area (Å²) in [6, 6.07) is 11.5. The smallest absolute Gasteiger partial charge is 0.339 e. The lowest BCUT2D eigenvalue weighted by molar-refractivity contribution is -0.274. The highest BCUT2D eigenvalue weighted by Gasteiger charge is 2.24. The molecule has 0 amide bonds. The molecule has 0 fully saturated rings. The van der Waals surface area contributed by atoms with Crippen molar-refractivity contribution in [2.45, 2.75) is 33.3 Å². The van der Waals surface area contributed by atoms with Crippen molar-refractivity contribution in [3.63, 3.8) is 0 Å². The Balaban J connectivity index is 2.53. The van der Waals surface area contributed by atoms with Gasteiger partial charge in [0.2, 0.25) is 0 Å². The molecule has 0 aromatic heterocycles. The molecule has 0 atom stereocenters. The van der Waals surface area contributed by atoms with Crippen LogP contribution in [0.3, 0.4) is 0 Å². The largest absolute Gasteiger partial charge is 0.478 e. The van der Waals surface area contributed by atoms with Crippen LogP contribution in [0.4, 0.5) is 0 Å². The number of carbonyl (C=O) groups excluding carboxylic acids is 1. The molecule has 0 heterocycles. The monoisotopic (exact) mass is 328 g/mol. The first-order valence-electron chi connectivity index (χ1n) is 7.53. The molecule has 0 saturated carbocycles. The van der Waals surface area contributed by atoms with Crippen LogP contribution in [0.2, 0.25) is 0 Å². The highest BCUT2D eigenvalue weighted by Crippen LogP contribution is 2.29. The summed E-state index contributed by atoms with van der Waals surface area (Å²) in [5.41, 5.74) is 0.646. The lowest BCUT2D eigenvalue weighted by Crippen LogP contribution is -2.23. The number of rotatable bonds is 5. The Kier molecular flexibility index (Phi) is 5.04. The zero-order chi connectivity index (χ0) is 17.9. The maximum atomic E-state index is 12.9. The van der Waals surface area contributed by atoms with Crippen molar-refractivity contribution in [1.82, 2.24) is 0 Å². The van der Waals surface area contributed by atoms with E-state index in [2.05, 4.69) is 0 Å². The first-order chi connectivity index (χ1) is 11.2. The van der Waals surface area contributed by atoms with Crippen LogP contribution >= 0.6 is 0 Å². The third-order valence-electron chi connectivity index (χ3n) is 3.25. The minimum Gasteiger partial charge on any atom is -0.478 e. The Morgan fingerprint density at radius 1 is 0.917 bits per heavy atom. The fourth-order valence-electron chi connectivity index (χ4n) is 2.11. The summed E-state index contributed by atoms with van der Waals surface area (Å²) >= 11 is 0. The fraction of sp³-hybridized carbons (Fsp3) is 0.263. The van der Waals surface area contributed by atoms with Gasteiger partial charge in [-0.15, -0.1) is 0 Å². The van der Waals surface area contributed by atoms with E-state index in [1.807, 2.05) is 19.1 Å². The molecule has 24 heavy (non-hydrogen) atoms. The minimum absolute atomic E-state index is 0.0896. The van der Waals surface area contributed by atoms with Crippen LogP contribution in [-0.2, 0) is 4.89 Å². The lowest BCUT2D eigenvalue weighted by Gasteiger charge is -2.20. The van der Waals surface area contributed by atoms with Crippen molar-refractivity contribution in [3.8, 4) is 5.75 Å². The fourth-order valence-corrected chi connectivity index (χ4v) is 2.11. The number of hydrogen-bond donors (Lipinski definition) is 1. The second-order valence-electron chi connectivity index (χ2n) is 6.41. The van der Waals surface area contributed by atoms with Gasteiger partial charge in [-0.2, -0.15) is 4.89 Å². The second kappa shape index (κ2) is 6.84. The van der Waals surface area contributed by atoms with Crippen LogP contribution in [0.25, 0.3) is 0 Å². The Hall–Kier alpha value is -2.66. The number of hydrogen-bond acceptors (Lipinski definition) is 4. The lowest BCUT2D eigenvalue weighted by atomic mass is 9.97. The van der Waals surface area contributed by atoms with Crippen LogP contribution in [0, 0.1) is 6.92 Å². The number of carboxylic acids is 1. The van der Waals surface area contributed by atoms with Gasteiger partial charge in [0.25, 0.3) is 0 Å². The zero-order valence-electron chi connectivity index (χ0n) is 14.1. The molecule has 1 N–H and O–H groups in total. The summed E-state index contributed by atoms with van der Waals surface area (Å²) in [5.74, 6) is -1.60. The average Bonchev–Trinajstić information content (AvgIpc) is 2.51. The Morgan fingerprint density at radius 3 is 2.08 bits per heavy atom. The molecule has 5 nitrogen and oxygen atoms in total. The van der Waals surface area contributed by atoms with Crippen LogP contribution in [0.1, 0.15) is 52.6 Å². The third kappa shape index (κ3) is 4.00. The van der Waals surface area contributed by atoms with Crippen molar-refractivity contribution in [2.24, 2.45) is 0 Å². The van der Waals surface area contributed by atoms with Gasteiger partial charge in [-0.05, 0) is 45.4 Å². The summed E-state index contributed by atoms with van der Waals surface area (Å²) in [4.78, 5) is 34.9. The summed E-state index contributed by atoms with van der Waals surface area (Å²) in [7, 11) is 0. The Bertz CT molecular complexity index is 772. The van der Waals surface area contributed by atoms with Crippen molar-refractivity contribution < 1.29 is 24.5 Å². The van der Waals surface area contributed by atoms with Gasteiger partial charge < -0.3 is 9.99 Å². The number of ketones is 1. The minimum atomic E-state index is -1.19. The maximum Gasteiger partial charge on any atom is 0.339 e. The predicted octanol–water partition coefficient (Wildman–Crippen LogP) is 4.03. The molecular formula is C19H20O5. The highest BCUT2D eigenvalue weighted by molar-refractivity contribution is 6.13. The van der Waals surface area contributed by atoms with Gasteiger partial charge in [0.1, 0.15) is 11.2 Å². The van der Waals surface area contributed by atoms with Crippen LogP contribution in [-0.4, -0.2) is 22.5 Å². The van der Waals surface area contributed by atoms with Gasteiger partial charge in [0.15, 0.2) is 11.5 Å². The summed E-state index contributed by atoms with van der Waals surface area (Å²) < 4.78 is 0. The van der Waals surface area contributed by atoms with E-state index in [4.69, 9.17) is 9.78 Å². The molecule has 2 aromatic rings. The number of carboxylic acid groups (broad SMARTS) is 1. The first kappa shape index (κ1) is 17.7. The van der Waals surface area contributed by atoms with E-state index in [9.17, 15) is 14.7 Å². The van der Waals surface area contributed by atoms with E-state index in [0.29, 0.717) is 5.56 Å². The molecule has 0 saturated heterocycles. The quantitative estimate of drug-likeness (QED) is 0.509. The number of carbonyl (C=O) groups is 2. The van der Waals surface area contributed by atoms with Crippen molar-refractivity contribution in [1.29, 1.82) is 0 Å². The predicted molar refractivity (Wildman–Crippen MR) is 89.5 cm³/mol. The van der Waals surface area contributed by atoms with E-state index in [1.165, 1.54) is 18.2 Å². The van der Waals surface area contributed by atoms with Crippen molar-refractivity contribution >= 4 is 11.8 Å². The average molecular weight is 328 g/mol. The van der Waals surface area contributed by atoms with Crippen LogP contribution in [0.5, 0.6) is 5.75 Å². The molecule has 126 valence electrons. The number of para-hydroxylation sites is 1. The molecule has 2 aromatic carbocycles. The molecule has 0 aliphatic heterocycles. The molecule has 0 aliphatic carbocycles. The zero-order valence-corrected chi connectivity index (χ0v) is 14.1. The van der Waals surface area contributed by atoms with Gasteiger partial charge in [-0.3, -0.25) is 4.79 Å². The Morgan fingerprint density at radius 2 is 1.50 bits per heavy atom. The molecule has 0 bridgehead atoms. The van der Waals surface area contributed by atoms with Gasteiger partial charge in [0, 0.05) is 5.56 Å². The van der Waals surface area contributed by atoms with Gasteiger partial charge in [-0.1, -0.05) is 30.3 Å². The van der Waals surface area contributed by atoms with Gasteiger partial charge >= 0.3 is 5.97 Å². The van der Waals surface area contributed by atoms with Crippen LogP contribution in [0.15, 0.2) is 42.5 Å². The molecule has 0 radical (unpaired) electrons. The van der Waals surface area contributed by atoms with Crippen molar-refractivity contribution in [3.05, 3.63) is 64.7 Å². The molecule has 2 rings (SSSR count). The first-order valence-corrected chi connectivity index (χ1v) is 7.53. The number of benzene rings is 2. The van der Waals surface area contributed by atoms with E-state index >= 15 is 0 Å². The standard InChI is InChI=1S/C19H20O5/c1-12-8-5-6-9-13(12)16(20)14-10-7-11-15(18(21)22)17(14)23-24-19(2,3)4/h5-11H,1-4H3,(H,21,22). The van der Waals surface area contributed by atoms with E-state index in [-0.39, 0.29) is 22.7 Å². The van der Waals surface area contributed by atoms with E-state index < -0.39 is 11.6 Å². The molecule has 0 spiro atoms. The number of aryl methyl sites for hydroxylation is 1.